The van der Waals surface area contributed by atoms with Gasteiger partial charge in [-0.3, -0.25) is 14.0 Å². The van der Waals surface area contributed by atoms with E-state index in [1.807, 2.05) is 101 Å². The van der Waals surface area contributed by atoms with E-state index in [0.717, 1.165) is 140 Å². The number of nitrogens with one attached hydrogen (secondary N) is 1. The number of hydrogen-bond acceptors (Lipinski definition) is 11. The van der Waals surface area contributed by atoms with Crippen LogP contribution in [0.1, 0.15) is 61.6 Å². The van der Waals surface area contributed by atoms with Crippen LogP contribution in [0.2, 0.25) is 15.1 Å². The van der Waals surface area contributed by atoms with Crippen molar-refractivity contribution in [1.29, 1.82) is 0 Å². The summed E-state index contributed by atoms with van der Waals surface area (Å²) < 4.78 is 58.0. The predicted molar refractivity (Wildman–Crippen MR) is 327 cm³/mol. The van der Waals surface area contributed by atoms with Crippen LogP contribution in [0.15, 0.2) is 143 Å². The Bertz CT molecular complexity index is 3850. The first kappa shape index (κ1) is 57.3. The SMILES string of the molecule is CN(C)CCCNS(=O)(=O)c1ccc2c(c1)c(N1CCCC1)nn2Cc1cccc(Cl)c1.Clc1cccc(Cn2nc(N3CCCC3)c3ccccc32)c1.O=S(=O)(Cl)c1ccc2c(c1)c(N1CCCC1)nn2Cc1cccc(Cl)c1. The minimum Gasteiger partial charge on any atom is -0.355 e. The monoisotopic (exact) mass is 1200 g/mol. The number of halogens is 4. The summed E-state index contributed by atoms with van der Waals surface area (Å²) in [5, 5.41) is 19.6. The van der Waals surface area contributed by atoms with Gasteiger partial charge < -0.3 is 19.6 Å². The van der Waals surface area contributed by atoms with Crippen LogP contribution in [0.3, 0.4) is 0 Å². The largest absolute Gasteiger partial charge is 0.355 e. The van der Waals surface area contributed by atoms with Gasteiger partial charge >= 0.3 is 0 Å². The highest BCUT2D eigenvalue weighted by Gasteiger charge is 2.25. The minimum atomic E-state index is -3.79. The molecule has 0 radical (unpaired) electrons. The topological polar surface area (TPSA) is 147 Å². The second-order valence-corrected chi connectivity index (χ2v) is 26.4. The van der Waals surface area contributed by atoms with Gasteiger partial charge in [-0.15, -0.1) is 0 Å². The van der Waals surface area contributed by atoms with Crippen LogP contribution in [0.4, 0.5) is 17.5 Å². The van der Waals surface area contributed by atoms with E-state index < -0.39 is 19.1 Å². The highest BCUT2D eigenvalue weighted by Crippen LogP contribution is 2.35. The molecule has 0 saturated carbocycles. The van der Waals surface area contributed by atoms with Gasteiger partial charge in [0.1, 0.15) is 0 Å². The molecular formula is C59H65Cl4N11O4S2. The molecule has 0 atom stereocenters. The van der Waals surface area contributed by atoms with E-state index in [-0.39, 0.29) is 9.79 Å². The van der Waals surface area contributed by atoms with Crippen molar-refractivity contribution in [2.45, 2.75) is 74.4 Å². The lowest BCUT2D eigenvalue weighted by atomic mass is 10.2. The van der Waals surface area contributed by atoms with Gasteiger partial charge in [0.25, 0.3) is 9.05 Å². The van der Waals surface area contributed by atoms with Crippen molar-refractivity contribution in [2.24, 2.45) is 0 Å². The molecule has 3 saturated heterocycles. The number of para-hydroxylation sites is 1. The fourth-order valence-corrected chi connectivity index (χ4v) is 13.2. The van der Waals surface area contributed by atoms with Crippen LogP contribution in [-0.2, 0) is 38.7 Å². The second-order valence-electron chi connectivity index (χ2n) is 20.8. The fraction of sp³-hybridized carbons (Fsp3) is 0.339. The summed E-state index contributed by atoms with van der Waals surface area (Å²) in [5.74, 6) is 2.78. The third-order valence-corrected chi connectivity index (χ3v) is 18.1. The van der Waals surface area contributed by atoms with Gasteiger partial charge in [-0.2, -0.15) is 15.3 Å². The Hall–Kier alpha value is -5.89. The highest BCUT2D eigenvalue weighted by molar-refractivity contribution is 8.13. The van der Waals surface area contributed by atoms with Crippen molar-refractivity contribution < 1.29 is 16.8 Å². The number of anilines is 3. The summed E-state index contributed by atoms with van der Waals surface area (Å²) >= 11 is 18.4. The Morgan fingerprint density at radius 1 is 0.475 bits per heavy atom. The molecule has 21 heteroatoms. The van der Waals surface area contributed by atoms with E-state index in [1.165, 1.54) is 35.4 Å². The van der Waals surface area contributed by atoms with E-state index in [2.05, 4.69) is 54.4 Å². The Labute approximate surface area is 488 Å². The molecule has 3 aliphatic heterocycles. The molecule has 0 unspecified atom stereocenters. The summed E-state index contributed by atoms with van der Waals surface area (Å²) in [7, 11) is 2.12. The molecule has 9 aromatic rings. The van der Waals surface area contributed by atoms with E-state index in [1.54, 1.807) is 24.3 Å². The molecule has 80 heavy (non-hydrogen) atoms. The first-order valence-corrected chi connectivity index (χ1v) is 32.0. The van der Waals surface area contributed by atoms with Gasteiger partial charge in [0, 0.05) is 87.7 Å². The molecule has 3 aliphatic rings. The molecule has 12 rings (SSSR count). The molecular weight excluding hydrogens is 1130 g/mol. The van der Waals surface area contributed by atoms with Gasteiger partial charge in [0.2, 0.25) is 10.0 Å². The lowest BCUT2D eigenvalue weighted by molar-refractivity contribution is 0.400. The predicted octanol–water partition coefficient (Wildman–Crippen LogP) is 12.2. The number of nitrogens with zero attached hydrogens (tertiary/aromatic N) is 10. The smallest absolute Gasteiger partial charge is 0.261 e. The van der Waals surface area contributed by atoms with Crippen LogP contribution < -0.4 is 19.4 Å². The molecule has 3 fully saturated rings. The van der Waals surface area contributed by atoms with Crippen LogP contribution >= 0.6 is 45.5 Å². The number of fused-ring (bicyclic) bond motifs is 3. The molecule has 3 aromatic heterocycles. The summed E-state index contributed by atoms with van der Waals surface area (Å²) in [5.41, 5.74) is 6.23. The Balaban J connectivity index is 0.000000137. The standard InChI is InChI=1S/C23H30ClN5O2S.C18H17Cl2N3O2S.C18H18ClN3/c1-27(2)12-6-11-25-32(30,31)20-9-10-22-21(16-20)23(28-13-3-4-14-28)26-29(22)17-18-7-5-8-19(24)15-18;19-14-5-3-4-13(10-14)12-23-17-7-6-15(26(20,24)25)11-16(17)18(21-23)22-8-1-2-9-22;19-15-7-5-6-14(12-15)13-22-17-9-2-1-8-16(17)18(20-22)21-10-3-4-11-21/h5,7-10,15-16,25H,3-4,6,11-14,17H2,1-2H3;3-7,10-11H,1-2,8-9,12H2;1-2,5-9,12H,3-4,10-11,13H2. The van der Waals surface area contributed by atoms with Crippen LogP contribution in [0, 0.1) is 0 Å². The zero-order chi connectivity index (χ0) is 56.0. The number of sulfonamides is 1. The molecule has 6 heterocycles. The van der Waals surface area contributed by atoms with Crippen LogP contribution in [0.5, 0.6) is 0 Å². The quantitative estimate of drug-likeness (QED) is 0.0728. The summed E-state index contributed by atoms with van der Waals surface area (Å²) in [6.45, 7) is 9.03. The summed E-state index contributed by atoms with van der Waals surface area (Å²) in [6.07, 6.45) is 7.73. The molecule has 6 aromatic carbocycles. The van der Waals surface area contributed by atoms with Gasteiger partial charge in [0.05, 0.1) is 46.0 Å². The van der Waals surface area contributed by atoms with E-state index in [4.69, 9.17) is 60.8 Å². The minimum absolute atomic E-state index is 0.0921. The van der Waals surface area contributed by atoms with Crippen molar-refractivity contribution in [2.75, 3.05) is 81.2 Å². The van der Waals surface area contributed by atoms with E-state index in [9.17, 15) is 16.8 Å². The average Bonchev–Trinajstić information content (AvgIpc) is 4.45. The van der Waals surface area contributed by atoms with E-state index >= 15 is 0 Å². The average molecular weight is 1200 g/mol. The molecule has 1 N–H and O–H groups in total. The number of benzene rings is 6. The maximum atomic E-state index is 12.9. The molecule has 0 spiro atoms. The van der Waals surface area contributed by atoms with Crippen molar-refractivity contribution in [1.82, 2.24) is 39.0 Å². The molecule has 0 aliphatic carbocycles. The lowest BCUT2D eigenvalue weighted by Crippen LogP contribution is -2.27. The summed E-state index contributed by atoms with van der Waals surface area (Å²) in [6, 6.07) is 42.0. The van der Waals surface area contributed by atoms with Crippen molar-refractivity contribution in [3.05, 3.63) is 165 Å². The fourth-order valence-electron chi connectivity index (χ4n) is 10.7. The second kappa shape index (κ2) is 25.5. The van der Waals surface area contributed by atoms with Gasteiger partial charge in [-0.25, -0.2) is 21.6 Å². The maximum absolute atomic E-state index is 12.9. The molecule has 15 nitrogen and oxygen atoms in total. The van der Waals surface area contributed by atoms with Crippen LogP contribution in [-0.4, -0.2) is 118 Å². The Kier molecular flexibility index (Phi) is 18.3. The molecule has 0 amide bonds. The van der Waals surface area contributed by atoms with Gasteiger partial charge in [-0.1, -0.05) is 83.3 Å². The third-order valence-electron chi connectivity index (χ3n) is 14.6. The van der Waals surface area contributed by atoms with Gasteiger partial charge in [-0.05, 0) is 167 Å². The lowest BCUT2D eigenvalue weighted by Gasteiger charge is -2.14. The number of aromatic nitrogens is 6. The van der Waals surface area contributed by atoms with E-state index in [0.29, 0.717) is 29.7 Å². The van der Waals surface area contributed by atoms with Crippen LogP contribution in [0.25, 0.3) is 32.7 Å². The molecule has 420 valence electrons. The highest BCUT2D eigenvalue weighted by atomic mass is 35.7. The third kappa shape index (κ3) is 13.9. The zero-order valence-electron chi connectivity index (χ0n) is 44.9. The Morgan fingerprint density at radius 2 is 0.863 bits per heavy atom. The zero-order valence-corrected chi connectivity index (χ0v) is 49.5. The number of rotatable bonds is 16. The normalized spacial score (nSPS) is 14.9. The van der Waals surface area contributed by atoms with Crippen molar-refractivity contribution >= 4 is 115 Å². The maximum Gasteiger partial charge on any atom is 0.261 e. The first-order chi connectivity index (χ1) is 38.6. The first-order valence-electron chi connectivity index (χ1n) is 27.1. The van der Waals surface area contributed by atoms with Gasteiger partial charge in [0.15, 0.2) is 17.5 Å². The van der Waals surface area contributed by atoms with Crippen molar-refractivity contribution in [3.8, 4) is 0 Å². The van der Waals surface area contributed by atoms with Crippen molar-refractivity contribution in [3.63, 3.8) is 0 Å². The Morgan fingerprint density at radius 3 is 1.27 bits per heavy atom. The summed E-state index contributed by atoms with van der Waals surface area (Å²) in [4.78, 5) is 9.25. The number of hydrogen-bond donors (Lipinski definition) is 1. The molecule has 0 bridgehead atoms.